The monoisotopic (exact) mass is 339 g/mol. The van der Waals surface area contributed by atoms with Crippen molar-refractivity contribution >= 4 is 11.6 Å². The maximum Gasteiger partial charge on any atom is 0.127 e. The number of methoxy groups -OCH3 is 2. The lowest BCUT2D eigenvalue weighted by atomic mass is 10.1. The molecule has 0 amide bonds. The van der Waals surface area contributed by atoms with Crippen LogP contribution in [0.25, 0.3) is 0 Å². The van der Waals surface area contributed by atoms with Crippen molar-refractivity contribution in [2.45, 2.75) is 12.6 Å². The van der Waals surface area contributed by atoms with Gasteiger partial charge in [0.25, 0.3) is 0 Å². The van der Waals surface area contributed by atoms with Gasteiger partial charge >= 0.3 is 0 Å². The summed E-state index contributed by atoms with van der Waals surface area (Å²) in [5.41, 5.74) is 1.05. The Hall–Kier alpha value is -1.82. The fraction of sp³-hybridized carbons (Fsp3) is 0.294. The van der Waals surface area contributed by atoms with E-state index in [1.807, 2.05) is 0 Å². The molecule has 0 saturated heterocycles. The fourth-order valence-electron chi connectivity index (χ4n) is 2.23. The van der Waals surface area contributed by atoms with E-state index in [0.717, 1.165) is 0 Å². The lowest BCUT2D eigenvalue weighted by Crippen LogP contribution is -2.22. The topological polar surface area (TPSA) is 50.7 Å². The fourth-order valence-corrected chi connectivity index (χ4v) is 2.43. The summed E-state index contributed by atoms with van der Waals surface area (Å²) < 4.78 is 24.0. The number of ether oxygens (including phenoxy) is 2. The third-order valence-electron chi connectivity index (χ3n) is 3.46. The molecule has 0 aliphatic rings. The highest BCUT2D eigenvalue weighted by Gasteiger charge is 2.14. The number of aliphatic hydroxyl groups is 1. The molecule has 6 heteroatoms. The average molecular weight is 340 g/mol. The van der Waals surface area contributed by atoms with Crippen LogP contribution >= 0.6 is 11.6 Å². The van der Waals surface area contributed by atoms with Gasteiger partial charge in [-0.1, -0.05) is 11.6 Å². The lowest BCUT2D eigenvalue weighted by molar-refractivity contribution is 0.169. The van der Waals surface area contributed by atoms with Crippen LogP contribution in [0.5, 0.6) is 11.5 Å². The number of rotatable bonds is 7. The minimum absolute atomic E-state index is 0.232. The molecular formula is C17H19ClFNO3. The van der Waals surface area contributed by atoms with E-state index in [9.17, 15) is 9.50 Å². The van der Waals surface area contributed by atoms with Gasteiger partial charge in [0.1, 0.15) is 17.3 Å². The molecule has 0 fully saturated rings. The van der Waals surface area contributed by atoms with Gasteiger partial charge in [-0.25, -0.2) is 4.39 Å². The first kappa shape index (κ1) is 17.5. The molecule has 0 bridgehead atoms. The average Bonchev–Trinajstić information content (AvgIpc) is 2.57. The number of benzene rings is 2. The van der Waals surface area contributed by atoms with E-state index in [2.05, 4.69) is 5.32 Å². The van der Waals surface area contributed by atoms with Crippen molar-refractivity contribution in [2.24, 2.45) is 0 Å². The zero-order chi connectivity index (χ0) is 16.8. The molecule has 0 saturated carbocycles. The summed E-state index contributed by atoms with van der Waals surface area (Å²) in [5.74, 6) is 0.852. The molecule has 4 nitrogen and oxygen atoms in total. The third-order valence-corrected chi connectivity index (χ3v) is 3.69. The predicted molar refractivity (Wildman–Crippen MR) is 87.6 cm³/mol. The summed E-state index contributed by atoms with van der Waals surface area (Å²) in [4.78, 5) is 0. The van der Waals surface area contributed by atoms with Gasteiger partial charge < -0.3 is 19.9 Å². The Kier molecular flexibility index (Phi) is 6.21. The molecule has 23 heavy (non-hydrogen) atoms. The molecule has 2 aromatic carbocycles. The van der Waals surface area contributed by atoms with E-state index in [-0.39, 0.29) is 18.9 Å². The van der Waals surface area contributed by atoms with E-state index in [1.165, 1.54) is 19.2 Å². The SMILES string of the molecule is COc1ccc(OC)c(C(O)CNCc2cc(Cl)ccc2F)c1. The number of nitrogens with one attached hydrogen (secondary N) is 1. The van der Waals surface area contributed by atoms with Gasteiger partial charge in [0, 0.05) is 29.2 Å². The molecule has 1 atom stereocenters. The summed E-state index contributed by atoms with van der Waals surface area (Å²) in [5, 5.41) is 13.8. The largest absolute Gasteiger partial charge is 0.497 e. The van der Waals surface area contributed by atoms with Gasteiger partial charge in [-0.05, 0) is 36.4 Å². The van der Waals surface area contributed by atoms with Gasteiger partial charge in [-0.15, -0.1) is 0 Å². The third kappa shape index (κ3) is 4.58. The van der Waals surface area contributed by atoms with Crippen LogP contribution in [0.4, 0.5) is 4.39 Å². The zero-order valence-electron chi connectivity index (χ0n) is 13.0. The number of halogens is 2. The van der Waals surface area contributed by atoms with Crippen LogP contribution in [0.1, 0.15) is 17.2 Å². The Labute approximate surface area is 139 Å². The van der Waals surface area contributed by atoms with Crippen LogP contribution in [-0.4, -0.2) is 25.9 Å². The first-order valence-electron chi connectivity index (χ1n) is 7.09. The molecule has 0 heterocycles. The van der Waals surface area contributed by atoms with Crippen molar-refractivity contribution in [1.29, 1.82) is 0 Å². The van der Waals surface area contributed by atoms with Gasteiger partial charge in [-0.3, -0.25) is 0 Å². The van der Waals surface area contributed by atoms with Crippen LogP contribution in [0.2, 0.25) is 5.02 Å². The number of hydrogen-bond acceptors (Lipinski definition) is 4. The highest BCUT2D eigenvalue weighted by molar-refractivity contribution is 6.30. The van der Waals surface area contributed by atoms with E-state index < -0.39 is 6.10 Å². The molecule has 1 unspecified atom stereocenters. The van der Waals surface area contributed by atoms with Gasteiger partial charge in [0.05, 0.1) is 20.3 Å². The van der Waals surface area contributed by atoms with Crippen molar-refractivity contribution in [3.05, 3.63) is 58.4 Å². The minimum Gasteiger partial charge on any atom is -0.497 e. The molecule has 0 radical (unpaired) electrons. The van der Waals surface area contributed by atoms with Crippen LogP contribution in [0.3, 0.4) is 0 Å². The van der Waals surface area contributed by atoms with E-state index >= 15 is 0 Å². The molecule has 124 valence electrons. The molecule has 0 aliphatic carbocycles. The quantitative estimate of drug-likeness (QED) is 0.812. The molecule has 2 aromatic rings. The summed E-state index contributed by atoms with van der Waals surface area (Å²) in [7, 11) is 3.09. The highest BCUT2D eigenvalue weighted by Crippen LogP contribution is 2.29. The zero-order valence-corrected chi connectivity index (χ0v) is 13.7. The molecule has 0 aromatic heterocycles. The summed E-state index contributed by atoms with van der Waals surface area (Å²) in [6.07, 6.45) is -0.817. The Morgan fingerprint density at radius 1 is 1.17 bits per heavy atom. The molecule has 0 aliphatic heterocycles. The van der Waals surface area contributed by atoms with Crippen molar-refractivity contribution in [2.75, 3.05) is 20.8 Å². The van der Waals surface area contributed by atoms with Crippen molar-refractivity contribution in [1.82, 2.24) is 5.32 Å². The van der Waals surface area contributed by atoms with E-state index in [4.69, 9.17) is 21.1 Å². The van der Waals surface area contributed by atoms with Gasteiger partial charge in [0.2, 0.25) is 0 Å². The van der Waals surface area contributed by atoms with Crippen molar-refractivity contribution < 1.29 is 19.0 Å². The van der Waals surface area contributed by atoms with Gasteiger partial charge in [-0.2, -0.15) is 0 Å². The van der Waals surface area contributed by atoms with Crippen molar-refractivity contribution in [3.8, 4) is 11.5 Å². The normalized spacial score (nSPS) is 12.0. The van der Waals surface area contributed by atoms with E-state index in [1.54, 1.807) is 31.4 Å². The van der Waals surface area contributed by atoms with Gasteiger partial charge in [0.15, 0.2) is 0 Å². The molecule has 2 rings (SSSR count). The first-order valence-corrected chi connectivity index (χ1v) is 7.47. The van der Waals surface area contributed by atoms with Crippen LogP contribution < -0.4 is 14.8 Å². The maximum absolute atomic E-state index is 13.6. The van der Waals surface area contributed by atoms with Crippen molar-refractivity contribution in [3.63, 3.8) is 0 Å². The summed E-state index contributed by atoms with van der Waals surface area (Å²) >= 11 is 5.85. The number of aliphatic hydroxyl groups excluding tert-OH is 1. The molecular weight excluding hydrogens is 321 g/mol. The standard InChI is InChI=1S/C17H19ClFNO3/c1-22-13-4-6-17(23-2)14(8-13)16(21)10-20-9-11-7-12(18)3-5-15(11)19/h3-8,16,20-21H,9-10H2,1-2H3. The number of hydrogen-bond donors (Lipinski definition) is 2. The Bertz CT molecular complexity index is 666. The smallest absolute Gasteiger partial charge is 0.127 e. The highest BCUT2D eigenvalue weighted by atomic mass is 35.5. The second-order valence-electron chi connectivity index (χ2n) is 4.99. The van der Waals surface area contributed by atoms with Crippen LogP contribution in [-0.2, 0) is 6.54 Å². The molecule has 2 N–H and O–H groups in total. The predicted octanol–water partition coefficient (Wildman–Crippen LogP) is 3.32. The van der Waals surface area contributed by atoms with Crippen LogP contribution in [0, 0.1) is 5.82 Å². The maximum atomic E-state index is 13.6. The lowest BCUT2D eigenvalue weighted by Gasteiger charge is -2.16. The minimum atomic E-state index is -0.817. The summed E-state index contributed by atoms with van der Waals surface area (Å²) in [6.45, 7) is 0.491. The van der Waals surface area contributed by atoms with E-state index in [0.29, 0.717) is 27.6 Å². The summed E-state index contributed by atoms with van der Waals surface area (Å²) in [6, 6.07) is 9.57. The Morgan fingerprint density at radius 3 is 2.65 bits per heavy atom. The Balaban J connectivity index is 2.02. The molecule has 0 spiro atoms. The second kappa shape index (κ2) is 8.15. The first-order chi connectivity index (χ1) is 11.0. The van der Waals surface area contributed by atoms with Crippen LogP contribution in [0.15, 0.2) is 36.4 Å². The second-order valence-corrected chi connectivity index (χ2v) is 5.43. The Morgan fingerprint density at radius 2 is 1.96 bits per heavy atom.